The first-order valence-corrected chi connectivity index (χ1v) is 5.49. The molecule has 0 spiro atoms. The summed E-state index contributed by atoms with van der Waals surface area (Å²) >= 11 is 6.27. The number of aromatic amines is 1. The van der Waals surface area contributed by atoms with Crippen molar-refractivity contribution in [2.24, 2.45) is 0 Å². The minimum absolute atomic E-state index is 0.108. The number of benzene rings is 1. The lowest BCUT2D eigenvalue weighted by molar-refractivity contribution is 0.909. The highest BCUT2D eigenvalue weighted by Crippen LogP contribution is 2.11. The minimum Gasteiger partial charge on any atom is -0.270 e. The van der Waals surface area contributed by atoms with E-state index in [2.05, 4.69) is 10.1 Å². The highest BCUT2D eigenvalue weighted by molar-refractivity contribution is 7.73. The standard InChI is InChI=1S/C9H5N3OS2/c13-7-5-3-1-2-4-6(5)10-8-12(7)11-9(14)15-8/h1-4H,(H,11,14). The monoisotopic (exact) mass is 235 g/mol. The van der Waals surface area contributed by atoms with Crippen molar-refractivity contribution in [1.29, 1.82) is 0 Å². The molecule has 0 unspecified atom stereocenters. The number of para-hydroxylation sites is 1. The van der Waals surface area contributed by atoms with Gasteiger partial charge >= 0.3 is 0 Å². The number of hydrogen-bond donors (Lipinski definition) is 1. The van der Waals surface area contributed by atoms with E-state index < -0.39 is 0 Å². The number of hydrogen-bond acceptors (Lipinski definition) is 4. The quantitative estimate of drug-likeness (QED) is 0.606. The predicted octanol–water partition coefficient (Wildman–Crippen LogP) is 1.97. The smallest absolute Gasteiger partial charge is 0.270 e. The normalized spacial score (nSPS) is 11.2. The third-order valence-corrected chi connectivity index (χ3v) is 3.21. The molecule has 0 fully saturated rings. The summed E-state index contributed by atoms with van der Waals surface area (Å²) in [5, 5.41) is 3.39. The average molecular weight is 235 g/mol. The van der Waals surface area contributed by atoms with Gasteiger partial charge in [-0.2, -0.15) is 4.52 Å². The molecule has 0 aliphatic rings. The van der Waals surface area contributed by atoms with Crippen molar-refractivity contribution in [3.8, 4) is 0 Å². The summed E-state index contributed by atoms with van der Waals surface area (Å²) in [6.45, 7) is 0. The molecule has 3 aromatic rings. The molecule has 0 radical (unpaired) electrons. The van der Waals surface area contributed by atoms with Gasteiger partial charge in [-0.05, 0) is 24.4 Å². The lowest BCUT2D eigenvalue weighted by Crippen LogP contribution is -2.14. The van der Waals surface area contributed by atoms with E-state index in [1.54, 1.807) is 6.07 Å². The lowest BCUT2D eigenvalue weighted by Gasteiger charge is -1.96. The van der Waals surface area contributed by atoms with Crippen molar-refractivity contribution < 1.29 is 0 Å². The number of nitrogens with one attached hydrogen (secondary N) is 1. The fraction of sp³-hybridized carbons (Fsp3) is 0. The maximum atomic E-state index is 12.0. The highest BCUT2D eigenvalue weighted by atomic mass is 32.1. The molecule has 0 aliphatic heterocycles. The second-order valence-corrected chi connectivity index (χ2v) is 4.70. The van der Waals surface area contributed by atoms with Gasteiger partial charge in [0.15, 0.2) is 3.95 Å². The van der Waals surface area contributed by atoms with Crippen LogP contribution < -0.4 is 5.56 Å². The van der Waals surface area contributed by atoms with Crippen molar-refractivity contribution >= 4 is 39.4 Å². The Bertz CT molecular complexity index is 768. The van der Waals surface area contributed by atoms with Gasteiger partial charge < -0.3 is 0 Å². The topological polar surface area (TPSA) is 50.2 Å². The zero-order chi connectivity index (χ0) is 10.4. The Morgan fingerprint density at radius 2 is 2.20 bits per heavy atom. The molecule has 0 saturated carbocycles. The van der Waals surface area contributed by atoms with E-state index in [0.29, 0.717) is 19.8 Å². The van der Waals surface area contributed by atoms with E-state index in [1.165, 1.54) is 15.9 Å². The highest BCUT2D eigenvalue weighted by Gasteiger charge is 2.05. The Balaban J connectivity index is 2.71. The van der Waals surface area contributed by atoms with Crippen molar-refractivity contribution in [3.05, 3.63) is 38.6 Å². The Morgan fingerprint density at radius 1 is 1.40 bits per heavy atom. The van der Waals surface area contributed by atoms with Gasteiger partial charge in [0, 0.05) is 0 Å². The lowest BCUT2D eigenvalue weighted by atomic mass is 10.2. The van der Waals surface area contributed by atoms with Crippen molar-refractivity contribution in [3.63, 3.8) is 0 Å². The zero-order valence-electron chi connectivity index (χ0n) is 7.43. The summed E-state index contributed by atoms with van der Waals surface area (Å²) in [4.78, 5) is 16.9. The largest absolute Gasteiger partial charge is 0.281 e. The van der Waals surface area contributed by atoms with Crippen LogP contribution in [0.3, 0.4) is 0 Å². The van der Waals surface area contributed by atoms with E-state index in [1.807, 2.05) is 18.2 Å². The van der Waals surface area contributed by atoms with Crippen LogP contribution in [0.1, 0.15) is 0 Å². The fourth-order valence-corrected chi connectivity index (χ4v) is 2.46. The van der Waals surface area contributed by atoms with E-state index in [4.69, 9.17) is 12.2 Å². The van der Waals surface area contributed by atoms with E-state index in [-0.39, 0.29) is 5.56 Å². The molecule has 2 aromatic heterocycles. The molecule has 74 valence electrons. The SMILES string of the molecule is O=c1c2ccccc2nc2sc(=S)[nH]n12. The molecular formula is C9H5N3OS2. The van der Waals surface area contributed by atoms with Gasteiger partial charge in [-0.25, -0.2) is 4.98 Å². The summed E-state index contributed by atoms with van der Waals surface area (Å²) < 4.78 is 1.94. The van der Waals surface area contributed by atoms with Crippen molar-refractivity contribution in [2.45, 2.75) is 0 Å². The second-order valence-electron chi connectivity index (χ2n) is 3.05. The molecule has 4 nitrogen and oxygen atoms in total. The zero-order valence-corrected chi connectivity index (χ0v) is 9.06. The summed E-state index contributed by atoms with van der Waals surface area (Å²) in [7, 11) is 0. The van der Waals surface area contributed by atoms with Gasteiger partial charge in [-0.15, -0.1) is 0 Å². The van der Waals surface area contributed by atoms with Crippen LogP contribution in [0.4, 0.5) is 0 Å². The first-order valence-electron chi connectivity index (χ1n) is 4.26. The van der Waals surface area contributed by atoms with Gasteiger partial charge in [-0.1, -0.05) is 23.5 Å². The molecular weight excluding hydrogens is 230 g/mol. The molecule has 0 atom stereocenters. The number of fused-ring (bicyclic) bond motifs is 2. The maximum absolute atomic E-state index is 12.0. The number of H-pyrrole nitrogens is 1. The Kier molecular flexibility index (Phi) is 1.74. The van der Waals surface area contributed by atoms with Crippen LogP contribution in [0.5, 0.6) is 0 Å². The average Bonchev–Trinajstić information content (AvgIpc) is 2.59. The van der Waals surface area contributed by atoms with Crippen LogP contribution in [-0.2, 0) is 0 Å². The van der Waals surface area contributed by atoms with E-state index >= 15 is 0 Å². The molecule has 3 rings (SSSR count). The first kappa shape index (κ1) is 8.75. The predicted molar refractivity (Wildman–Crippen MR) is 62.0 cm³/mol. The molecule has 0 aliphatic carbocycles. The summed E-state index contributed by atoms with van der Waals surface area (Å²) in [5.41, 5.74) is 0.593. The van der Waals surface area contributed by atoms with Crippen LogP contribution >= 0.6 is 23.6 Å². The number of nitrogens with zero attached hydrogens (tertiary/aromatic N) is 2. The van der Waals surface area contributed by atoms with Crippen molar-refractivity contribution in [1.82, 2.24) is 14.6 Å². The number of aromatic nitrogens is 3. The minimum atomic E-state index is -0.108. The van der Waals surface area contributed by atoms with Gasteiger partial charge in [0.2, 0.25) is 4.96 Å². The Labute approximate surface area is 92.8 Å². The van der Waals surface area contributed by atoms with Gasteiger partial charge in [-0.3, -0.25) is 9.89 Å². The summed E-state index contributed by atoms with van der Waals surface area (Å²) in [6.07, 6.45) is 0. The fourth-order valence-electron chi connectivity index (χ4n) is 1.48. The summed E-state index contributed by atoms with van der Waals surface area (Å²) in [6, 6.07) is 7.25. The number of rotatable bonds is 0. The molecule has 1 aromatic carbocycles. The Hall–Kier alpha value is -1.53. The van der Waals surface area contributed by atoms with Gasteiger partial charge in [0.25, 0.3) is 5.56 Å². The van der Waals surface area contributed by atoms with Crippen LogP contribution in [0, 0.1) is 3.95 Å². The molecule has 0 bridgehead atoms. The van der Waals surface area contributed by atoms with Crippen LogP contribution in [0.25, 0.3) is 15.9 Å². The van der Waals surface area contributed by atoms with Crippen LogP contribution in [0.2, 0.25) is 0 Å². The van der Waals surface area contributed by atoms with E-state index in [0.717, 1.165) is 0 Å². The third-order valence-electron chi connectivity index (χ3n) is 2.13. The van der Waals surface area contributed by atoms with Gasteiger partial charge in [0.1, 0.15) is 0 Å². The van der Waals surface area contributed by atoms with Gasteiger partial charge in [0.05, 0.1) is 10.9 Å². The molecule has 2 heterocycles. The molecule has 6 heteroatoms. The third kappa shape index (κ3) is 1.22. The Morgan fingerprint density at radius 3 is 3.07 bits per heavy atom. The molecule has 0 saturated heterocycles. The summed E-state index contributed by atoms with van der Waals surface area (Å²) in [5.74, 6) is 0. The maximum Gasteiger partial charge on any atom is 0.281 e. The van der Waals surface area contributed by atoms with Crippen LogP contribution in [0.15, 0.2) is 29.1 Å². The first-order chi connectivity index (χ1) is 7.25. The molecule has 15 heavy (non-hydrogen) atoms. The second kappa shape index (κ2) is 2.98. The molecule has 1 N–H and O–H groups in total. The van der Waals surface area contributed by atoms with Crippen LogP contribution in [-0.4, -0.2) is 14.6 Å². The molecule has 0 amide bonds. The van der Waals surface area contributed by atoms with Crippen molar-refractivity contribution in [2.75, 3.05) is 0 Å². The van der Waals surface area contributed by atoms with E-state index in [9.17, 15) is 4.79 Å².